The molecule has 0 atom stereocenters. The highest BCUT2D eigenvalue weighted by Crippen LogP contribution is 2.39. The highest BCUT2D eigenvalue weighted by molar-refractivity contribution is 6.00. The van der Waals surface area contributed by atoms with Gasteiger partial charge < -0.3 is 14.6 Å². The number of hydrogen-bond donors (Lipinski definition) is 1. The van der Waals surface area contributed by atoms with E-state index in [0.717, 1.165) is 48.7 Å². The van der Waals surface area contributed by atoms with E-state index in [1.807, 2.05) is 48.5 Å². The fourth-order valence-corrected chi connectivity index (χ4v) is 3.94. The Morgan fingerprint density at radius 1 is 1.04 bits per heavy atom. The topological polar surface area (TPSA) is 58.2 Å². The van der Waals surface area contributed by atoms with Crippen LogP contribution in [0.1, 0.15) is 29.6 Å². The predicted molar refractivity (Wildman–Crippen MR) is 96.3 cm³/mol. The molecule has 1 N–H and O–H groups in total. The minimum Gasteiger partial charge on any atom is -0.486 e. The Morgan fingerprint density at radius 2 is 1.80 bits per heavy atom. The third-order valence-electron chi connectivity index (χ3n) is 5.35. The molecule has 126 valence electrons. The number of fused-ring (bicyclic) bond motifs is 2. The van der Waals surface area contributed by atoms with Crippen molar-refractivity contribution < 1.29 is 9.53 Å². The van der Waals surface area contributed by atoms with Crippen LogP contribution in [0, 0.1) is 0 Å². The molecule has 1 aromatic heterocycles. The first kappa shape index (κ1) is 14.5. The number of anilines is 1. The number of ketones is 1. The van der Waals surface area contributed by atoms with Crippen molar-refractivity contribution >= 4 is 22.8 Å². The predicted octanol–water partition coefficient (Wildman–Crippen LogP) is 3.57. The van der Waals surface area contributed by atoms with Crippen LogP contribution in [0.25, 0.3) is 11.0 Å². The third kappa shape index (κ3) is 2.38. The number of carbonyl (C=O) groups is 1. The van der Waals surface area contributed by atoms with E-state index in [1.54, 1.807) is 0 Å². The van der Waals surface area contributed by atoms with Crippen LogP contribution in [0.3, 0.4) is 0 Å². The van der Waals surface area contributed by atoms with E-state index in [-0.39, 0.29) is 11.4 Å². The molecule has 0 amide bonds. The van der Waals surface area contributed by atoms with Gasteiger partial charge in [-0.1, -0.05) is 24.3 Å². The number of aromatic amines is 1. The number of nitrogens with one attached hydrogen (secondary N) is 1. The van der Waals surface area contributed by atoms with E-state index in [0.29, 0.717) is 12.0 Å². The van der Waals surface area contributed by atoms with Gasteiger partial charge in [-0.3, -0.25) is 4.79 Å². The number of rotatable bonds is 1. The number of benzene rings is 2. The number of imidazole rings is 1. The van der Waals surface area contributed by atoms with E-state index >= 15 is 0 Å². The molecule has 2 aliphatic heterocycles. The maximum atomic E-state index is 12.5. The Morgan fingerprint density at radius 3 is 2.64 bits per heavy atom. The van der Waals surface area contributed by atoms with Gasteiger partial charge in [-0.25, -0.2) is 4.98 Å². The first-order chi connectivity index (χ1) is 12.2. The molecule has 1 fully saturated rings. The number of piperidine rings is 1. The third-order valence-corrected chi connectivity index (χ3v) is 5.35. The van der Waals surface area contributed by atoms with Crippen molar-refractivity contribution in [1.29, 1.82) is 0 Å². The lowest BCUT2D eigenvalue weighted by Crippen LogP contribution is -2.51. The second kappa shape index (κ2) is 5.34. The van der Waals surface area contributed by atoms with Crippen LogP contribution in [0.15, 0.2) is 48.5 Å². The first-order valence-electron chi connectivity index (χ1n) is 8.73. The van der Waals surface area contributed by atoms with Crippen LogP contribution in [0.2, 0.25) is 0 Å². The lowest BCUT2D eigenvalue weighted by Gasteiger charge is -2.43. The number of carbonyl (C=O) groups excluding carboxylic acids is 1. The smallest absolute Gasteiger partial charge is 0.203 e. The van der Waals surface area contributed by atoms with Gasteiger partial charge >= 0.3 is 0 Å². The molecule has 0 unspecified atom stereocenters. The zero-order chi connectivity index (χ0) is 16.9. The molecule has 0 bridgehead atoms. The largest absolute Gasteiger partial charge is 0.486 e. The fraction of sp³-hybridized carbons (Fsp3) is 0.300. The van der Waals surface area contributed by atoms with Gasteiger partial charge in [0.1, 0.15) is 11.4 Å². The summed E-state index contributed by atoms with van der Waals surface area (Å²) in [7, 11) is 0. The van der Waals surface area contributed by atoms with Crippen LogP contribution < -0.4 is 9.64 Å². The maximum absolute atomic E-state index is 12.5. The SMILES string of the molecule is O=C1CC2(CCN(c3nc4ccccc4[nH]3)CC2)Oc2ccccc21. The summed E-state index contributed by atoms with van der Waals surface area (Å²) >= 11 is 0. The molecular formula is C20H19N3O2. The Kier molecular flexibility index (Phi) is 3.10. The average Bonchev–Trinajstić information content (AvgIpc) is 3.06. The number of nitrogens with zero attached hydrogens (tertiary/aromatic N) is 2. The van der Waals surface area contributed by atoms with Gasteiger partial charge in [0, 0.05) is 25.9 Å². The van der Waals surface area contributed by atoms with Crippen LogP contribution in [0.4, 0.5) is 5.95 Å². The quantitative estimate of drug-likeness (QED) is 0.740. The van der Waals surface area contributed by atoms with Gasteiger partial charge in [-0.05, 0) is 24.3 Å². The van der Waals surface area contributed by atoms with Crippen molar-refractivity contribution in [3.63, 3.8) is 0 Å². The summed E-state index contributed by atoms with van der Waals surface area (Å²) in [5, 5.41) is 0. The van der Waals surface area contributed by atoms with E-state index in [9.17, 15) is 4.79 Å². The minimum absolute atomic E-state index is 0.194. The zero-order valence-corrected chi connectivity index (χ0v) is 13.9. The van der Waals surface area contributed by atoms with Crippen molar-refractivity contribution in [1.82, 2.24) is 9.97 Å². The van der Waals surface area contributed by atoms with Gasteiger partial charge in [0.15, 0.2) is 5.78 Å². The highest BCUT2D eigenvalue weighted by Gasteiger charge is 2.43. The second-order valence-electron chi connectivity index (χ2n) is 6.95. The van der Waals surface area contributed by atoms with Crippen molar-refractivity contribution in [2.75, 3.05) is 18.0 Å². The number of aromatic nitrogens is 2. The Balaban J connectivity index is 1.37. The van der Waals surface area contributed by atoms with Crippen LogP contribution in [0.5, 0.6) is 5.75 Å². The Bertz CT molecular complexity index is 921. The Labute approximate surface area is 145 Å². The molecule has 5 nitrogen and oxygen atoms in total. The molecule has 0 aliphatic carbocycles. The summed E-state index contributed by atoms with van der Waals surface area (Å²) in [4.78, 5) is 22.8. The lowest BCUT2D eigenvalue weighted by molar-refractivity contribution is 0.0230. The highest BCUT2D eigenvalue weighted by atomic mass is 16.5. The molecule has 3 aromatic rings. The van der Waals surface area contributed by atoms with E-state index in [4.69, 9.17) is 4.74 Å². The molecular weight excluding hydrogens is 314 g/mol. The summed E-state index contributed by atoms with van der Waals surface area (Å²) in [5.41, 5.74) is 2.38. The fourth-order valence-electron chi connectivity index (χ4n) is 3.94. The summed E-state index contributed by atoms with van der Waals surface area (Å²) in [6.07, 6.45) is 2.12. The first-order valence-corrected chi connectivity index (χ1v) is 8.73. The summed E-state index contributed by atoms with van der Waals surface area (Å²) in [6.45, 7) is 1.66. The molecule has 3 heterocycles. The van der Waals surface area contributed by atoms with Crippen molar-refractivity contribution in [3.8, 4) is 5.75 Å². The van der Waals surface area contributed by atoms with Crippen LogP contribution in [-0.2, 0) is 0 Å². The van der Waals surface area contributed by atoms with Gasteiger partial charge in [-0.15, -0.1) is 0 Å². The molecule has 1 spiro atoms. The Hall–Kier alpha value is -2.82. The summed E-state index contributed by atoms with van der Waals surface area (Å²) < 4.78 is 6.30. The number of ether oxygens (including phenoxy) is 1. The normalized spacial score (nSPS) is 19.0. The molecule has 0 saturated carbocycles. The average molecular weight is 333 g/mol. The van der Waals surface area contributed by atoms with Crippen LogP contribution in [-0.4, -0.2) is 34.4 Å². The van der Waals surface area contributed by atoms with E-state index < -0.39 is 0 Å². The molecule has 2 aromatic carbocycles. The molecule has 5 heteroatoms. The van der Waals surface area contributed by atoms with Gasteiger partial charge in [-0.2, -0.15) is 0 Å². The number of hydrogen-bond acceptors (Lipinski definition) is 4. The lowest BCUT2D eigenvalue weighted by atomic mass is 9.82. The monoisotopic (exact) mass is 333 g/mol. The number of Topliss-reactive ketones (excluding diaryl/α,β-unsaturated/α-hetero) is 1. The molecule has 25 heavy (non-hydrogen) atoms. The van der Waals surface area contributed by atoms with Gasteiger partial charge in [0.2, 0.25) is 5.95 Å². The minimum atomic E-state index is -0.367. The van der Waals surface area contributed by atoms with Crippen molar-refractivity contribution in [3.05, 3.63) is 54.1 Å². The molecule has 1 saturated heterocycles. The standard InChI is InChI=1S/C20H19N3O2/c24-17-13-20(25-18-8-4-1-5-14(17)18)9-11-23(12-10-20)19-21-15-6-2-3-7-16(15)22-19/h1-8H,9-13H2,(H,21,22). The van der Waals surface area contributed by atoms with Gasteiger partial charge in [0.25, 0.3) is 0 Å². The molecule has 2 aliphatic rings. The van der Waals surface area contributed by atoms with Crippen molar-refractivity contribution in [2.45, 2.75) is 24.9 Å². The summed E-state index contributed by atoms with van der Waals surface area (Å²) in [6, 6.07) is 15.6. The molecule has 5 rings (SSSR count). The number of para-hydroxylation sites is 3. The van der Waals surface area contributed by atoms with E-state index in [1.165, 1.54) is 0 Å². The second-order valence-corrected chi connectivity index (χ2v) is 6.95. The summed E-state index contributed by atoms with van der Waals surface area (Å²) in [5.74, 6) is 1.83. The van der Waals surface area contributed by atoms with Crippen molar-refractivity contribution in [2.24, 2.45) is 0 Å². The maximum Gasteiger partial charge on any atom is 0.203 e. The zero-order valence-electron chi connectivity index (χ0n) is 13.9. The number of H-pyrrole nitrogens is 1. The van der Waals surface area contributed by atoms with E-state index in [2.05, 4.69) is 14.9 Å². The van der Waals surface area contributed by atoms with Gasteiger partial charge in [0.05, 0.1) is 23.0 Å². The van der Waals surface area contributed by atoms with Crippen LogP contribution >= 0.6 is 0 Å². The molecule has 0 radical (unpaired) electrons.